The molecule has 1 N–H and O–H groups in total. The lowest BCUT2D eigenvalue weighted by atomic mass is 9.94. The number of carbonyl (C=O) groups is 2. The van der Waals surface area contributed by atoms with Crippen molar-refractivity contribution in [3.05, 3.63) is 58.7 Å². The topological polar surface area (TPSA) is 94.5 Å². The third-order valence-corrected chi connectivity index (χ3v) is 6.21. The van der Waals surface area contributed by atoms with Gasteiger partial charge < -0.3 is 29.0 Å². The zero-order chi connectivity index (χ0) is 26.2. The minimum absolute atomic E-state index is 0.0312. The van der Waals surface area contributed by atoms with Gasteiger partial charge in [0.05, 0.1) is 32.4 Å². The summed E-state index contributed by atoms with van der Waals surface area (Å²) in [6, 6.07) is 9.67. The average Bonchev–Trinajstić information content (AvgIpc) is 3.14. The molecule has 0 radical (unpaired) electrons. The van der Waals surface area contributed by atoms with Crippen molar-refractivity contribution in [1.29, 1.82) is 0 Å². The Kier molecular flexibility index (Phi) is 9.36. The number of nitrogens with zero attached hydrogens (tertiary/aromatic N) is 1. The molecule has 2 aromatic carbocycles. The maximum Gasteiger partial charge on any atom is 0.295 e. The van der Waals surface area contributed by atoms with E-state index in [2.05, 4.69) is 6.92 Å². The molecule has 0 bridgehead atoms. The molecule has 0 aromatic heterocycles. The largest absolute Gasteiger partial charge is 0.507 e. The van der Waals surface area contributed by atoms with E-state index in [0.29, 0.717) is 42.3 Å². The first-order chi connectivity index (χ1) is 17.4. The summed E-state index contributed by atoms with van der Waals surface area (Å²) in [7, 11) is 4.63. The second-order valence-corrected chi connectivity index (χ2v) is 8.64. The summed E-state index contributed by atoms with van der Waals surface area (Å²) >= 11 is 0. The van der Waals surface area contributed by atoms with Gasteiger partial charge in [-0.05, 0) is 61.2 Å². The second kappa shape index (κ2) is 12.4. The fourth-order valence-corrected chi connectivity index (χ4v) is 4.30. The summed E-state index contributed by atoms with van der Waals surface area (Å²) in [5.41, 5.74) is 1.92. The number of unbranched alkanes of at least 4 members (excludes halogenated alkanes) is 1. The van der Waals surface area contributed by atoms with Crippen LogP contribution in [0.4, 0.5) is 0 Å². The smallest absolute Gasteiger partial charge is 0.295 e. The molecule has 1 amide bonds. The third kappa shape index (κ3) is 5.65. The number of hydrogen-bond acceptors (Lipinski definition) is 7. The van der Waals surface area contributed by atoms with E-state index < -0.39 is 17.7 Å². The number of aliphatic hydroxyl groups excluding tert-OH is 1. The average molecular weight is 498 g/mol. The molecule has 3 rings (SSSR count). The summed E-state index contributed by atoms with van der Waals surface area (Å²) in [5.74, 6) is 0.0742. The van der Waals surface area contributed by atoms with Crippen LogP contribution in [0.2, 0.25) is 0 Å². The first-order valence-electron chi connectivity index (χ1n) is 12.1. The third-order valence-electron chi connectivity index (χ3n) is 6.21. The molecule has 1 aliphatic heterocycles. The number of methoxy groups -OCH3 is 3. The van der Waals surface area contributed by atoms with Gasteiger partial charge in [0, 0.05) is 25.8 Å². The van der Waals surface area contributed by atoms with Crippen molar-refractivity contribution in [1.82, 2.24) is 4.90 Å². The van der Waals surface area contributed by atoms with Crippen LogP contribution >= 0.6 is 0 Å². The van der Waals surface area contributed by atoms with E-state index in [4.69, 9.17) is 18.9 Å². The van der Waals surface area contributed by atoms with E-state index in [-0.39, 0.29) is 17.9 Å². The number of likely N-dealkylation sites (tertiary alicyclic amines) is 1. The lowest BCUT2D eigenvalue weighted by molar-refractivity contribution is -0.140. The van der Waals surface area contributed by atoms with E-state index in [0.717, 1.165) is 24.2 Å². The van der Waals surface area contributed by atoms with Crippen LogP contribution in [0.3, 0.4) is 0 Å². The van der Waals surface area contributed by atoms with Crippen molar-refractivity contribution in [2.24, 2.45) is 0 Å². The maximum atomic E-state index is 13.2. The number of aryl methyl sites for hydroxylation is 1. The van der Waals surface area contributed by atoms with Crippen LogP contribution in [0.1, 0.15) is 48.9 Å². The normalized spacial score (nSPS) is 16.9. The number of ketones is 1. The van der Waals surface area contributed by atoms with Crippen molar-refractivity contribution in [2.75, 3.05) is 41.1 Å². The summed E-state index contributed by atoms with van der Waals surface area (Å²) < 4.78 is 21.8. The van der Waals surface area contributed by atoms with Crippen LogP contribution in [0, 0.1) is 6.92 Å². The van der Waals surface area contributed by atoms with Crippen LogP contribution < -0.4 is 14.2 Å². The number of amides is 1. The highest BCUT2D eigenvalue weighted by Gasteiger charge is 2.46. The van der Waals surface area contributed by atoms with Crippen LogP contribution in [0.15, 0.2) is 42.0 Å². The van der Waals surface area contributed by atoms with Crippen molar-refractivity contribution >= 4 is 17.4 Å². The Morgan fingerprint density at radius 1 is 0.944 bits per heavy atom. The van der Waals surface area contributed by atoms with Crippen LogP contribution in [-0.4, -0.2) is 62.8 Å². The predicted octanol–water partition coefficient (Wildman–Crippen LogP) is 4.65. The molecule has 0 unspecified atom stereocenters. The number of aliphatic hydroxyl groups is 1. The quantitative estimate of drug-likeness (QED) is 0.197. The predicted molar refractivity (Wildman–Crippen MR) is 137 cm³/mol. The molecule has 194 valence electrons. The molecule has 36 heavy (non-hydrogen) atoms. The fourth-order valence-electron chi connectivity index (χ4n) is 4.30. The first kappa shape index (κ1) is 27.1. The van der Waals surface area contributed by atoms with Gasteiger partial charge >= 0.3 is 0 Å². The minimum Gasteiger partial charge on any atom is -0.507 e. The number of ether oxygens (including phenoxy) is 4. The molecule has 1 heterocycles. The summed E-state index contributed by atoms with van der Waals surface area (Å²) in [4.78, 5) is 27.8. The van der Waals surface area contributed by atoms with E-state index in [1.807, 2.05) is 6.92 Å². The van der Waals surface area contributed by atoms with Gasteiger partial charge in [0.25, 0.3) is 11.7 Å². The molecule has 1 aliphatic rings. The maximum absolute atomic E-state index is 13.2. The van der Waals surface area contributed by atoms with Crippen molar-refractivity contribution in [3.8, 4) is 17.2 Å². The molecule has 2 aromatic rings. The van der Waals surface area contributed by atoms with Crippen LogP contribution in [-0.2, 0) is 14.3 Å². The van der Waals surface area contributed by atoms with Gasteiger partial charge in [0.15, 0.2) is 11.5 Å². The summed E-state index contributed by atoms with van der Waals surface area (Å²) in [6.45, 7) is 5.30. The van der Waals surface area contributed by atoms with E-state index in [1.54, 1.807) is 43.5 Å². The van der Waals surface area contributed by atoms with E-state index >= 15 is 0 Å². The van der Waals surface area contributed by atoms with Crippen molar-refractivity contribution in [3.63, 3.8) is 0 Å². The number of rotatable bonds is 12. The Balaban J connectivity index is 2.09. The van der Waals surface area contributed by atoms with Gasteiger partial charge in [-0.1, -0.05) is 19.4 Å². The zero-order valence-corrected chi connectivity index (χ0v) is 21.6. The Bertz CT molecular complexity index is 1120. The Labute approximate surface area is 212 Å². The highest BCUT2D eigenvalue weighted by molar-refractivity contribution is 6.46. The fraction of sp³-hybridized carbons (Fsp3) is 0.429. The second-order valence-electron chi connectivity index (χ2n) is 8.64. The van der Waals surface area contributed by atoms with Gasteiger partial charge in [-0.3, -0.25) is 9.59 Å². The lowest BCUT2D eigenvalue weighted by Crippen LogP contribution is -2.31. The SMILES string of the molecule is CCCCOc1ccc(/C(O)=C2\C(=O)C(=O)N(CCCOC)[C@H]2c2ccc(OC)c(OC)c2)cc1C. The monoisotopic (exact) mass is 497 g/mol. The lowest BCUT2D eigenvalue weighted by Gasteiger charge is -2.26. The standard InChI is InChI=1S/C28H35NO7/c1-6-7-15-36-21-11-10-20(16-18(21)2)26(30)24-25(19-9-12-22(34-4)23(17-19)35-5)29(13-8-14-33-3)28(32)27(24)31/h9-12,16-17,25,30H,6-8,13-15H2,1-5H3/b26-24+/t25-/m0/s1. The molecule has 0 spiro atoms. The van der Waals surface area contributed by atoms with Crippen molar-refractivity contribution in [2.45, 2.75) is 39.2 Å². The number of Topliss-reactive ketones (excluding diaryl/α,β-unsaturated/α-hetero) is 1. The van der Waals surface area contributed by atoms with Crippen LogP contribution in [0.25, 0.3) is 5.76 Å². The number of hydrogen-bond donors (Lipinski definition) is 1. The molecule has 1 fully saturated rings. The Morgan fingerprint density at radius 3 is 2.31 bits per heavy atom. The van der Waals surface area contributed by atoms with Gasteiger partial charge in [0.2, 0.25) is 0 Å². The van der Waals surface area contributed by atoms with Gasteiger partial charge in [0.1, 0.15) is 11.5 Å². The van der Waals surface area contributed by atoms with Crippen LogP contribution in [0.5, 0.6) is 17.2 Å². The molecule has 8 nitrogen and oxygen atoms in total. The zero-order valence-electron chi connectivity index (χ0n) is 21.6. The van der Waals surface area contributed by atoms with Gasteiger partial charge in [-0.15, -0.1) is 0 Å². The molecular formula is C28H35NO7. The highest BCUT2D eigenvalue weighted by Crippen LogP contribution is 2.42. The van der Waals surface area contributed by atoms with Crippen molar-refractivity contribution < 1.29 is 33.6 Å². The summed E-state index contributed by atoms with van der Waals surface area (Å²) in [5, 5.41) is 11.3. The van der Waals surface area contributed by atoms with Gasteiger partial charge in [-0.25, -0.2) is 0 Å². The minimum atomic E-state index is -0.789. The number of benzene rings is 2. The summed E-state index contributed by atoms with van der Waals surface area (Å²) in [6.07, 6.45) is 2.51. The highest BCUT2D eigenvalue weighted by atomic mass is 16.5. The Hall–Kier alpha value is -3.52. The molecule has 0 aliphatic carbocycles. The molecule has 8 heteroatoms. The first-order valence-corrected chi connectivity index (χ1v) is 12.1. The van der Waals surface area contributed by atoms with E-state index in [9.17, 15) is 14.7 Å². The molecule has 0 saturated carbocycles. The molecular weight excluding hydrogens is 462 g/mol. The van der Waals surface area contributed by atoms with E-state index in [1.165, 1.54) is 19.1 Å². The molecule has 1 saturated heterocycles. The Morgan fingerprint density at radius 2 is 1.67 bits per heavy atom. The number of carbonyl (C=O) groups excluding carboxylic acids is 2. The van der Waals surface area contributed by atoms with Gasteiger partial charge in [-0.2, -0.15) is 0 Å². The molecule has 1 atom stereocenters.